The second-order valence-corrected chi connectivity index (χ2v) is 6.81. The lowest BCUT2D eigenvalue weighted by Crippen LogP contribution is -2.32. The van der Waals surface area contributed by atoms with Crippen molar-refractivity contribution in [1.82, 2.24) is 9.55 Å². The molecule has 1 amide bonds. The Morgan fingerprint density at radius 3 is 2.61 bits per heavy atom. The van der Waals surface area contributed by atoms with Crippen molar-refractivity contribution in [2.45, 2.75) is 19.0 Å². The van der Waals surface area contributed by atoms with E-state index < -0.39 is 12.0 Å². The van der Waals surface area contributed by atoms with E-state index in [0.717, 1.165) is 5.56 Å². The van der Waals surface area contributed by atoms with Crippen molar-refractivity contribution < 1.29 is 24.2 Å². The molecular formula is C22H24N4O5. The number of methoxy groups -OCH3 is 1. The molecule has 31 heavy (non-hydrogen) atoms. The van der Waals surface area contributed by atoms with E-state index in [0.29, 0.717) is 35.9 Å². The van der Waals surface area contributed by atoms with Crippen LogP contribution in [0.1, 0.15) is 15.9 Å². The third kappa shape index (κ3) is 6.06. The number of imidazole rings is 1. The van der Waals surface area contributed by atoms with Gasteiger partial charge in [0, 0.05) is 23.6 Å². The fourth-order valence-electron chi connectivity index (χ4n) is 2.88. The summed E-state index contributed by atoms with van der Waals surface area (Å²) >= 11 is 0. The van der Waals surface area contributed by atoms with Crippen molar-refractivity contribution in [3.05, 3.63) is 72.3 Å². The van der Waals surface area contributed by atoms with Gasteiger partial charge >= 0.3 is 5.97 Å². The number of carbonyl (C=O) groups is 2. The van der Waals surface area contributed by atoms with Gasteiger partial charge in [-0.1, -0.05) is 12.1 Å². The molecule has 1 atom stereocenters. The smallest absolute Gasteiger partial charge is 0.320 e. The maximum absolute atomic E-state index is 12.6. The number of carboxylic acids is 1. The molecule has 0 aliphatic heterocycles. The first-order valence-corrected chi connectivity index (χ1v) is 9.61. The molecule has 3 aromatic rings. The average molecular weight is 424 g/mol. The highest BCUT2D eigenvalue weighted by atomic mass is 16.5. The summed E-state index contributed by atoms with van der Waals surface area (Å²) in [7, 11) is 1.51. The second kappa shape index (κ2) is 10.3. The minimum Gasteiger partial charge on any atom is -0.493 e. The molecular weight excluding hydrogens is 400 g/mol. The standard InChI is InChI=1S/C22H24N4O5/c1-30-20-13-16(4-7-19(20)31-11-10-26-9-8-24-14-26)21(27)25-17-5-2-15(3-6-17)12-18(23)22(28)29/h2-9,13-14,18H,10-12,23H2,1H3,(H,25,27)(H,28,29)/t18-/m0/s1. The molecule has 162 valence electrons. The molecule has 1 aromatic heterocycles. The van der Waals surface area contributed by atoms with Gasteiger partial charge < -0.3 is 30.2 Å². The lowest BCUT2D eigenvalue weighted by Gasteiger charge is -2.13. The highest BCUT2D eigenvalue weighted by Crippen LogP contribution is 2.28. The Balaban J connectivity index is 1.60. The average Bonchev–Trinajstić information content (AvgIpc) is 3.28. The number of aromatic nitrogens is 2. The van der Waals surface area contributed by atoms with Gasteiger partial charge in [-0.25, -0.2) is 4.98 Å². The van der Waals surface area contributed by atoms with Crippen LogP contribution in [0.4, 0.5) is 5.69 Å². The highest BCUT2D eigenvalue weighted by Gasteiger charge is 2.14. The summed E-state index contributed by atoms with van der Waals surface area (Å²) in [6.07, 6.45) is 5.47. The lowest BCUT2D eigenvalue weighted by molar-refractivity contribution is -0.138. The zero-order chi connectivity index (χ0) is 22.2. The number of benzene rings is 2. The number of carboxylic acid groups (broad SMARTS) is 1. The van der Waals surface area contributed by atoms with Crippen LogP contribution in [0.5, 0.6) is 11.5 Å². The van der Waals surface area contributed by atoms with Crippen molar-refractivity contribution in [3.8, 4) is 11.5 Å². The van der Waals surface area contributed by atoms with E-state index in [1.54, 1.807) is 55.0 Å². The third-order valence-electron chi connectivity index (χ3n) is 4.58. The number of hydrogen-bond acceptors (Lipinski definition) is 6. The number of nitrogens with one attached hydrogen (secondary N) is 1. The van der Waals surface area contributed by atoms with Crippen molar-refractivity contribution in [2.24, 2.45) is 5.73 Å². The first-order chi connectivity index (χ1) is 15.0. The van der Waals surface area contributed by atoms with Crippen LogP contribution in [-0.4, -0.2) is 46.3 Å². The number of nitrogens with zero attached hydrogens (tertiary/aromatic N) is 2. The SMILES string of the molecule is COc1cc(C(=O)Nc2ccc(C[C@H](N)C(=O)O)cc2)ccc1OCCn1ccnc1. The number of amides is 1. The molecule has 0 bridgehead atoms. The number of rotatable bonds is 10. The quantitative estimate of drug-likeness (QED) is 0.455. The van der Waals surface area contributed by atoms with Gasteiger partial charge in [0.1, 0.15) is 12.6 Å². The largest absolute Gasteiger partial charge is 0.493 e. The van der Waals surface area contributed by atoms with Gasteiger partial charge in [0.25, 0.3) is 5.91 Å². The topological polar surface area (TPSA) is 129 Å². The third-order valence-corrected chi connectivity index (χ3v) is 4.58. The molecule has 9 heteroatoms. The number of hydrogen-bond donors (Lipinski definition) is 3. The van der Waals surface area contributed by atoms with Crippen LogP contribution < -0.4 is 20.5 Å². The van der Waals surface area contributed by atoms with Crippen LogP contribution >= 0.6 is 0 Å². The molecule has 1 heterocycles. The highest BCUT2D eigenvalue weighted by molar-refractivity contribution is 6.04. The van der Waals surface area contributed by atoms with Gasteiger partial charge in [-0.15, -0.1) is 0 Å². The second-order valence-electron chi connectivity index (χ2n) is 6.81. The lowest BCUT2D eigenvalue weighted by atomic mass is 10.1. The van der Waals surface area contributed by atoms with Crippen molar-refractivity contribution in [2.75, 3.05) is 19.0 Å². The Labute approximate surface area is 179 Å². The zero-order valence-corrected chi connectivity index (χ0v) is 17.0. The van der Waals surface area contributed by atoms with Crippen LogP contribution in [0, 0.1) is 0 Å². The summed E-state index contributed by atoms with van der Waals surface area (Å²) in [6, 6.07) is 10.9. The number of carbonyl (C=O) groups excluding carboxylic acids is 1. The van der Waals surface area contributed by atoms with Gasteiger partial charge in [0.05, 0.1) is 20.0 Å². The van der Waals surface area contributed by atoms with Crippen LogP contribution in [0.15, 0.2) is 61.2 Å². The summed E-state index contributed by atoms with van der Waals surface area (Å²) in [4.78, 5) is 27.4. The van der Waals surface area contributed by atoms with E-state index in [-0.39, 0.29) is 12.3 Å². The predicted molar refractivity (Wildman–Crippen MR) is 114 cm³/mol. The fourth-order valence-corrected chi connectivity index (χ4v) is 2.88. The maximum Gasteiger partial charge on any atom is 0.320 e. The fraction of sp³-hybridized carbons (Fsp3) is 0.227. The molecule has 2 aromatic carbocycles. The summed E-state index contributed by atoms with van der Waals surface area (Å²) in [5.41, 5.74) is 7.31. The Morgan fingerprint density at radius 1 is 1.19 bits per heavy atom. The van der Waals surface area contributed by atoms with Crippen molar-refractivity contribution >= 4 is 17.6 Å². The molecule has 9 nitrogen and oxygen atoms in total. The number of ether oxygens (including phenoxy) is 2. The summed E-state index contributed by atoms with van der Waals surface area (Å²) in [6.45, 7) is 1.06. The van der Waals surface area contributed by atoms with E-state index in [4.69, 9.17) is 20.3 Å². The zero-order valence-electron chi connectivity index (χ0n) is 17.0. The predicted octanol–water partition coefficient (Wildman–Crippen LogP) is 2.18. The Kier molecular flexibility index (Phi) is 7.23. The minimum absolute atomic E-state index is 0.211. The molecule has 0 radical (unpaired) electrons. The molecule has 0 aliphatic carbocycles. The van der Waals surface area contributed by atoms with E-state index >= 15 is 0 Å². The van der Waals surface area contributed by atoms with Crippen molar-refractivity contribution in [1.29, 1.82) is 0 Å². The monoisotopic (exact) mass is 424 g/mol. The van der Waals surface area contributed by atoms with E-state index in [2.05, 4.69) is 10.3 Å². The number of aliphatic carboxylic acids is 1. The molecule has 0 fully saturated rings. The van der Waals surface area contributed by atoms with E-state index in [9.17, 15) is 9.59 Å². The Morgan fingerprint density at radius 2 is 1.97 bits per heavy atom. The van der Waals surface area contributed by atoms with Gasteiger partial charge in [-0.3, -0.25) is 9.59 Å². The van der Waals surface area contributed by atoms with Crippen LogP contribution in [0.3, 0.4) is 0 Å². The first-order valence-electron chi connectivity index (χ1n) is 9.61. The summed E-state index contributed by atoms with van der Waals surface area (Å²) in [5, 5.41) is 11.7. The molecule has 0 aliphatic rings. The molecule has 3 rings (SSSR count). The Hall–Kier alpha value is -3.85. The van der Waals surface area contributed by atoms with Gasteiger partial charge in [0.15, 0.2) is 11.5 Å². The summed E-state index contributed by atoms with van der Waals surface area (Å²) < 4.78 is 13.0. The van der Waals surface area contributed by atoms with E-state index in [1.165, 1.54) is 7.11 Å². The molecule has 0 saturated heterocycles. The first kappa shape index (κ1) is 21.8. The van der Waals surface area contributed by atoms with Gasteiger partial charge in [0.2, 0.25) is 0 Å². The van der Waals surface area contributed by atoms with E-state index in [1.807, 2.05) is 10.8 Å². The summed E-state index contributed by atoms with van der Waals surface area (Å²) in [5.74, 6) is -0.367. The maximum atomic E-state index is 12.6. The van der Waals surface area contributed by atoms with Crippen LogP contribution in [0.2, 0.25) is 0 Å². The van der Waals surface area contributed by atoms with Crippen LogP contribution in [-0.2, 0) is 17.8 Å². The normalized spacial score (nSPS) is 11.5. The molecule has 4 N–H and O–H groups in total. The van der Waals surface area contributed by atoms with Gasteiger partial charge in [-0.05, 0) is 42.3 Å². The number of nitrogens with two attached hydrogens (primary N) is 1. The van der Waals surface area contributed by atoms with Crippen molar-refractivity contribution in [3.63, 3.8) is 0 Å². The Bertz CT molecular complexity index is 1020. The van der Waals surface area contributed by atoms with Gasteiger partial charge in [-0.2, -0.15) is 0 Å². The minimum atomic E-state index is -1.06. The number of anilines is 1. The molecule has 0 spiro atoms. The molecule has 0 unspecified atom stereocenters. The molecule has 0 saturated carbocycles. The van der Waals surface area contributed by atoms with Crippen LogP contribution in [0.25, 0.3) is 0 Å².